The predicted octanol–water partition coefficient (Wildman–Crippen LogP) is 5.37. The van der Waals surface area contributed by atoms with E-state index in [2.05, 4.69) is 0 Å². The Kier molecular flexibility index (Phi) is 7.30. The Morgan fingerprint density at radius 3 is 2.44 bits per heavy atom. The molecule has 3 aromatic carbocycles. The van der Waals surface area contributed by atoms with Crippen molar-refractivity contribution in [3.05, 3.63) is 100.0 Å². The third kappa shape index (κ3) is 5.47. The minimum atomic E-state index is -0.994. The van der Waals surface area contributed by atoms with Gasteiger partial charge in [0.2, 0.25) is 0 Å². The number of thioether (sulfide) groups is 1. The second-order valence-electron chi connectivity index (χ2n) is 7.45. The van der Waals surface area contributed by atoms with Crippen LogP contribution in [0.4, 0.5) is 0 Å². The van der Waals surface area contributed by atoms with E-state index in [4.69, 9.17) is 26.8 Å². The molecule has 1 saturated heterocycles. The maximum absolute atomic E-state index is 13.0. The van der Waals surface area contributed by atoms with Gasteiger partial charge in [-0.1, -0.05) is 72.5 Å². The van der Waals surface area contributed by atoms with Gasteiger partial charge in [-0.3, -0.25) is 9.69 Å². The van der Waals surface area contributed by atoms with E-state index in [1.165, 1.54) is 28.8 Å². The minimum Gasteiger partial charge on any atom is -0.493 e. The second kappa shape index (κ2) is 10.5. The molecule has 1 fully saturated rings. The molecule has 0 atom stereocenters. The fourth-order valence-corrected chi connectivity index (χ4v) is 4.61. The normalized spacial score (nSPS) is 14.5. The average Bonchev–Trinajstić information content (AvgIpc) is 3.11. The van der Waals surface area contributed by atoms with Gasteiger partial charge in [-0.05, 0) is 47.0 Å². The zero-order valence-corrected chi connectivity index (χ0v) is 19.9. The quantitative estimate of drug-likeness (QED) is 0.335. The van der Waals surface area contributed by atoms with E-state index in [0.29, 0.717) is 27.3 Å². The van der Waals surface area contributed by atoms with Crippen molar-refractivity contribution in [2.24, 2.45) is 0 Å². The molecule has 1 amide bonds. The summed E-state index contributed by atoms with van der Waals surface area (Å²) < 4.78 is 11.8. The molecule has 3 aromatic rings. The van der Waals surface area contributed by atoms with Crippen molar-refractivity contribution in [1.82, 2.24) is 4.90 Å². The van der Waals surface area contributed by atoms with Crippen molar-refractivity contribution in [3.63, 3.8) is 0 Å². The van der Waals surface area contributed by atoms with Crippen molar-refractivity contribution in [2.75, 3.05) is 7.11 Å². The summed E-state index contributed by atoms with van der Waals surface area (Å²) >= 11 is 6.65. The number of aromatic carboxylic acids is 1. The first-order valence-electron chi connectivity index (χ1n) is 10.4. The molecule has 0 saturated carbocycles. The highest BCUT2D eigenvalue weighted by atomic mass is 32.2. The van der Waals surface area contributed by atoms with E-state index >= 15 is 0 Å². The topological polar surface area (TPSA) is 76.1 Å². The van der Waals surface area contributed by atoms with Crippen LogP contribution in [0, 0.1) is 0 Å². The number of thiocarbonyl (C=S) groups is 1. The van der Waals surface area contributed by atoms with E-state index in [-0.39, 0.29) is 18.0 Å². The fourth-order valence-electron chi connectivity index (χ4n) is 3.35. The van der Waals surface area contributed by atoms with Gasteiger partial charge in [0.25, 0.3) is 5.91 Å². The van der Waals surface area contributed by atoms with Crippen LogP contribution in [-0.4, -0.2) is 33.3 Å². The largest absolute Gasteiger partial charge is 0.493 e. The Morgan fingerprint density at radius 2 is 1.76 bits per heavy atom. The number of nitrogens with zero attached hydrogens (tertiary/aromatic N) is 1. The molecule has 0 radical (unpaired) electrons. The molecule has 1 heterocycles. The molecule has 4 rings (SSSR count). The number of hydrogen-bond donors (Lipinski definition) is 1. The number of carbonyl (C=O) groups is 2. The molecule has 6 nitrogen and oxygen atoms in total. The molecule has 1 aliphatic heterocycles. The molecule has 0 aromatic heterocycles. The minimum absolute atomic E-state index is 0.194. The van der Waals surface area contributed by atoms with Gasteiger partial charge in [0, 0.05) is 0 Å². The van der Waals surface area contributed by atoms with Gasteiger partial charge < -0.3 is 14.6 Å². The van der Waals surface area contributed by atoms with Crippen LogP contribution in [0.5, 0.6) is 11.5 Å². The predicted molar refractivity (Wildman–Crippen MR) is 136 cm³/mol. The van der Waals surface area contributed by atoms with Crippen LogP contribution in [0.25, 0.3) is 6.08 Å². The molecule has 1 aliphatic rings. The lowest BCUT2D eigenvalue weighted by molar-refractivity contribution is -0.122. The molecular weight excluding hydrogens is 470 g/mol. The van der Waals surface area contributed by atoms with Crippen molar-refractivity contribution < 1.29 is 24.2 Å². The molecule has 8 heteroatoms. The van der Waals surface area contributed by atoms with Gasteiger partial charge in [0.15, 0.2) is 11.5 Å². The number of amides is 1. The Labute approximate surface area is 206 Å². The van der Waals surface area contributed by atoms with E-state index in [1.807, 2.05) is 48.5 Å². The fraction of sp³-hybridized carbons (Fsp3) is 0.115. The van der Waals surface area contributed by atoms with Crippen LogP contribution in [0.15, 0.2) is 77.7 Å². The number of hydrogen-bond acceptors (Lipinski definition) is 6. The first-order chi connectivity index (χ1) is 16.4. The SMILES string of the molecule is COc1cc(/C=C2\SC(=S)N(Cc3ccc(C(=O)O)cc3)C2=O)ccc1OCc1ccccc1. The number of benzene rings is 3. The zero-order valence-electron chi connectivity index (χ0n) is 18.3. The van der Waals surface area contributed by atoms with Gasteiger partial charge >= 0.3 is 5.97 Å². The number of rotatable bonds is 8. The molecule has 0 unspecified atom stereocenters. The number of carbonyl (C=O) groups excluding carboxylic acids is 1. The van der Waals surface area contributed by atoms with Gasteiger partial charge in [0.05, 0.1) is 24.1 Å². The Hall–Kier alpha value is -3.62. The smallest absolute Gasteiger partial charge is 0.335 e. The summed E-state index contributed by atoms with van der Waals surface area (Å²) in [5.74, 6) is -0.00720. The molecule has 0 bridgehead atoms. The molecule has 0 aliphatic carbocycles. The maximum atomic E-state index is 13.0. The monoisotopic (exact) mass is 491 g/mol. The van der Waals surface area contributed by atoms with Crippen LogP contribution in [0.3, 0.4) is 0 Å². The molecule has 172 valence electrons. The van der Waals surface area contributed by atoms with Gasteiger partial charge in [-0.2, -0.15) is 0 Å². The maximum Gasteiger partial charge on any atom is 0.335 e. The van der Waals surface area contributed by atoms with E-state index in [9.17, 15) is 9.59 Å². The lowest BCUT2D eigenvalue weighted by atomic mass is 10.1. The van der Waals surface area contributed by atoms with Gasteiger partial charge in [0.1, 0.15) is 10.9 Å². The summed E-state index contributed by atoms with van der Waals surface area (Å²) in [5, 5.41) is 9.04. The number of ether oxygens (including phenoxy) is 2. The molecule has 1 N–H and O–H groups in total. The second-order valence-corrected chi connectivity index (χ2v) is 9.13. The standard InChI is InChI=1S/C26H21NO5S2/c1-31-22-13-19(9-12-21(22)32-16-18-5-3-2-4-6-18)14-23-24(28)27(26(33)34-23)15-17-7-10-20(11-8-17)25(29)30/h2-14H,15-16H2,1H3,(H,29,30)/b23-14-. The molecule has 34 heavy (non-hydrogen) atoms. The summed E-state index contributed by atoms with van der Waals surface area (Å²) in [7, 11) is 1.57. The summed E-state index contributed by atoms with van der Waals surface area (Å²) in [4.78, 5) is 26.0. The van der Waals surface area contributed by atoms with Crippen LogP contribution < -0.4 is 9.47 Å². The summed E-state index contributed by atoms with van der Waals surface area (Å²) in [5.41, 5.74) is 2.83. The summed E-state index contributed by atoms with van der Waals surface area (Å²) in [6, 6.07) is 21.7. The van der Waals surface area contributed by atoms with Crippen molar-refractivity contribution in [2.45, 2.75) is 13.2 Å². The van der Waals surface area contributed by atoms with E-state index in [0.717, 1.165) is 16.7 Å². The van der Waals surface area contributed by atoms with Gasteiger partial charge in [-0.25, -0.2) is 4.79 Å². The first kappa shape index (κ1) is 23.5. The van der Waals surface area contributed by atoms with E-state index in [1.54, 1.807) is 25.3 Å². The molecular formula is C26H21NO5S2. The first-order valence-corrected chi connectivity index (χ1v) is 11.6. The van der Waals surface area contributed by atoms with Crippen molar-refractivity contribution in [3.8, 4) is 11.5 Å². The van der Waals surface area contributed by atoms with Crippen LogP contribution in [-0.2, 0) is 17.9 Å². The average molecular weight is 492 g/mol. The lowest BCUT2D eigenvalue weighted by Gasteiger charge is -2.14. The Bertz CT molecular complexity index is 1260. The van der Waals surface area contributed by atoms with Gasteiger partial charge in [-0.15, -0.1) is 0 Å². The highest BCUT2D eigenvalue weighted by Gasteiger charge is 2.32. The van der Waals surface area contributed by atoms with Crippen molar-refractivity contribution >= 4 is 46.3 Å². The zero-order chi connectivity index (χ0) is 24.1. The third-order valence-corrected chi connectivity index (χ3v) is 6.52. The summed E-state index contributed by atoms with van der Waals surface area (Å²) in [6.45, 7) is 0.695. The van der Waals surface area contributed by atoms with Crippen molar-refractivity contribution in [1.29, 1.82) is 0 Å². The third-order valence-electron chi connectivity index (χ3n) is 5.14. The van der Waals surface area contributed by atoms with Crippen LogP contribution >= 0.6 is 24.0 Å². The Balaban J connectivity index is 1.47. The highest BCUT2D eigenvalue weighted by Crippen LogP contribution is 2.35. The highest BCUT2D eigenvalue weighted by molar-refractivity contribution is 8.26. The number of methoxy groups -OCH3 is 1. The number of carboxylic acid groups (broad SMARTS) is 1. The number of carboxylic acids is 1. The van der Waals surface area contributed by atoms with Crippen LogP contribution in [0.1, 0.15) is 27.0 Å². The molecule has 0 spiro atoms. The van der Waals surface area contributed by atoms with Crippen LogP contribution in [0.2, 0.25) is 0 Å². The van der Waals surface area contributed by atoms with E-state index < -0.39 is 5.97 Å². The Morgan fingerprint density at radius 1 is 1.03 bits per heavy atom. The summed E-state index contributed by atoms with van der Waals surface area (Å²) in [6.07, 6.45) is 1.77. The lowest BCUT2D eigenvalue weighted by Crippen LogP contribution is -2.27.